The number of carbonyl (C=O) groups excluding carboxylic acids is 1. The summed E-state index contributed by atoms with van der Waals surface area (Å²) in [6.45, 7) is 2.22. The Bertz CT molecular complexity index is 386. The minimum Gasteiger partial charge on any atom is -0.466 e. The Kier molecular flexibility index (Phi) is 6.00. The van der Waals surface area contributed by atoms with Crippen LogP contribution in [0.1, 0.15) is 31.7 Å². The molecule has 0 bridgehead atoms. The molecule has 0 saturated carbocycles. The monoisotopic (exact) mass is 236 g/mol. The molecule has 0 aromatic heterocycles. The normalized spacial score (nSPS) is 10.7. The molecule has 0 amide bonds. The Hall–Kier alpha value is -1.64. The number of carbonyl (C=O) groups is 1. The summed E-state index contributed by atoms with van der Waals surface area (Å²) < 4.78 is 17.6. The van der Waals surface area contributed by atoms with Crippen molar-refractivity contribution in [3.05, 3.63) is 41.7 Å². The molecule has 0 spiro atoms. The molecule has 0 aliphatic heterocycles. The third-order valence-corrected chi connectivity index (χ3v) is 2.22. The van der Waals surface area contributed by atoms with Gasteiger partial charge in [0.25, 0.3) is 0 Å². The lowest BCUT2D eigenvalue weighted by Gasteiger charge is -1.99. The highest BCUT2D eigenvalue weighted by molar-refractivity contribution is 5.69. The second-order valence-corrected chi connectivity index (χ2v) is 3.65. The maximum Gasteiger partial charge on any atom is 0.305 e. The van der Waals surface area contributed by atoms with E-state index in [1.807, 2.05) is 18.2 Å². The molecule has 0 fully saturated rings. The van der Waals surface area contributed by atoms with Gasteiger partial charge in [0.2, 0.25) is 0 Å². The van der Waals surface area contributed by atoms with Crippen molar-refractivity contribution in [1.82, 2.24) is 0 Å². The molecule has 3 heteroatoms. The maximum absolute atomic E-state index is 12.8. The summed E-state index contributed by atoms with van der Waals surface area (Å²) in [6.07, 6.45) is 5.77. The number of halogens is 1. The van der Waals surface area contributed by atoms with Crippen molar-refractivity contribution in [3.8, 4) is 0 Å². The predicted octanol–water partition coefficient (Wildman–Crippen LogP) is 3.57. The molecule has 0 aliphatic carbocycles. The number of benzene rings is 1. The summed E-state index contributed by atoms with van der Waals surface area (Å²) in [5, 5.41) is 0. The van der Waals surface area contributed by atoms with E-state index >= 15 is 0 Å². The van der Waals surface area contributed by atoms with E-state index in [0.29, 0.717) is 13.0 Å². The van der Waals surface area contributed by atoms with Crippen molar-refractivity contribution >= 4 is 12.0 Å². The van der Waals surface area contributed by atoms with Gasteiger partial charge in [-0.3, -0.25) is 4.79 Å². The molecule has 2 nitrogen and oxygen atoms in total. The van der Waals surface area contributed by atoms with Crippen LogP contribution >= 0.6 is 0 Å². The first-order valence-corrected chi connectivity index (χ1v) is 5.80. The molecule has 92 valence electrons. The van der Waals surface area contributed by atoms with Gasteiger partial charge in [0, 0.05) is 6.42 Å². The van der Waals surface area contributed by atoms with Gasteiger partial charge in [0.05, 0.1) is 6.61 Å². The number of unbranched alkanes of at least 4 members (excludes halogenated alkanes) is 1. The fraction of sp³-hybridized carbons (Fsp3) is 0.357. The average Bonchev–Trinajstić information content (AvgIpc) is 2.29. The van der Waals surface area contributed by atoms with Crippen molar-refractivity contribution in [2.24, 2.45) is 0 Å². The van der Waals surface area contributed by atoms with E-state index in [1.54, 1.807) is 13.0 Å². The molecule has 0 unspecified atom stereocenters. The fourth-order valence-electron chi connectivity index (χ4n) is 1.43. The second kappa shape index (κ2) is 7.60. The first-order valence-electron chi connectivity index (χ1n) is 5.80. The lowest BCUT2D eigenvalue weighted by atomic mass is 10.1. The standard InChI is InChI=1S/C14H17FO2/c1-2-17-14(16)10-5-3-4-7-12-8-6-9-13(15)11-12/h4,6-9,11H,2-3,5,10H2,1H3. The molecule has 0 atom stereocenters. The summed E-state index contributed by atoms with van der Waals surface area (Å²) >= 11 is 0. The second-order valence-electron chi connectivity index (χ2n) is 3.65. The number of allylic oxidation sites excluding steroid dienone is 1. The van der Waals surface area contributed by atoms with Crippen LogP contribution < -0.4 is 0 Å². The minimum atomic E-state index is -0.237. The summed E-state index contributed by atoms with van der Waals surface area (Å²) in [5.41, 5.74) is 0.834. The molecular formula is C14H17FO2. The first-order chi connectivity index (χ1) is 8.22. The molecule has 17 heavy (non-hydrogen) atoms. The highest BCUT2D eigenvalue weighted by atomic mass is 19.1. The van der Waals surface area contributed by atoms with Crippen molar-refractivity contribution in [1.29, 1.82) is 0 Å². The first kappa shape index (κ1) is 13.4. The van der Waals surface area contributed by atoms with Crippen LogP contribution in [0.3, 0.4) is 0 Å². The zero-order chi connectivity index (χ0) is 12.5. The zero-order valence-electron chi connectivity index (χ0n) is 9.99. The Balaban J connectivity index is 2.24. The topological polar surface area (TPSA) is 26.3 Å². The van der Waals surface area contributed by atoms with Gasteiger partial charge in [0.15, 0.2) is 0 Å². The maximum atomic E-state index is 12.8. The highest BCUT2D eigenvalue weighted by Crippen LogP contribution is 2.07. The number of esters is 1. The van der Waals surface area contributed by atoms with Crippen LogP contribution in [-0.2, 0) is 9.53 Å². The van der Waals surface area contributed by atoms with E-state index in [0.717, 1.165) is 18.4 Å². The quantitative estimate of drug-likeness (QED) is 0.557. The van der Waals surface area contributed by atoms with E-state index in [9.17, 15) is 9.18 Å². The van der Waals surface area contributed by atoms with Gasteiger partial charge in [-0.25, -0.2) is 4.39 Å². The van der Waals surface area contributed by atoms with Gasteiger partial charge >= 0.3 is 5.97 Å². The molecular weight excluding hydrogens is 219 g/mol. The van der Waals surface area contributed by atoms with Crippen LogP contribution in [0.15, 0.2) is 30.3 Å². The molecule has 1 aromatic rings. The van der Waals surface area contributed by atoms with Crippen LogP contribution in [0.25, 0.3) is 6.08 Å². The van der Waals surface area contributed by atoms with Gasteiger partial charge in [-0.05, 0) is 37.5 Å². The third-order valence-electron chi connectivity index (χ3n) is 2.22. The minimum absolute atomic E-state index is 0.161. The van der Waals surface area contributed by atoms with Crippen molar-refractivity contribution < 1.29 is 13.9 Å². The molecule has 1 aromatic carbocycles. The van der Waals surface area contributed by atoms with Crippen LogP contribution in [0.5, 0.6) is 0 Å². The summed E-state index contributed by atoms with van der Waals surface area (Å²) in [7, 11) is 0. The van der Waals surface area contributed by atoms with Crippen LogP contribution in [0.4, 0.5) is 4.39 Å². The van der Waals surface area contributed by atoms with Crippen molar-refractivity contribution in [2.45, 2.75) is 26.2 Å². The average molecular weight is 236 g/mol. The number of hydrogen-bond acceptors (Lipinski definition) is 2. The summed E-state index contributed by atoms with van der Waals surface area (Å²) in [6, 6.07) is 6.40. The molecule has 0 saturated heterocycles. The van der Waals surface area contributed by atoms with E-state index in [1.165, 1.54) is 12.1 Å². The SMILES string of the molecule is CCOC(=O)CCCC=Cc1cccc(F)c1. The zero-order valence-corrected chi connectivity index (χ0v) is 9.99. The summed E-state index contributed by atoms with van der Waals surface area (Å²) in [4.78, 5) is 11.0. The van der Waals surface area contributed by atoms with Crippen molar-refractivity contribution in [2.75, 3.05) is 6.61 Å². The molecule has 0 radical (unpaired) electrons. The molecule has 0 N–H and O–H groups in total. The van der Waals surface area contributed by atoms with Gasteiger partial charge in [-0.1, -0.05) is 24.3 Å². The lowest BCUT2D eigenvalue weighted by Crippen LogP contribution is -2.02. The Morgan fingerprint density at radius 1 is 1.47 bits per heavy atom. The number of rotatable bonds is 6. The Morgan fingerprint density at radius 3 is 3.00 bits per heavy atom. The molecule has 1 rings (SSSR count). The van der Waals surface area contributed by atoms with E-state index in [-0.39, 0.29) is 11.8 Å². The number of hydrogen-bond donors (Lipinski definition) is 0. The summed E-state index contributed by atoms with van der Waals surface area (Å²) in [5.74, 6) is -0.398. The van der Waals surface area contributed by atoms with Crippen LogP contribution in [0.2, 0.25) is 0 Å². The van der Waals surface area contributed by atoms with Crippen molar-refractivity contribution in [3.63, 3.8) is 0 Å². The predicted molar refractivity (Wildman–Crippen MR) is 65.9 cm³/mol. The van der Waals surface area contributed by atoms with Gasteiger partial charge in [-0.15, -0.1) is 0 Å². The molecule has 0 aliphatic rings. The van der Waals surface area contributed by atoms with Gasteiger partial charge in [0.1, 0.15) is 5.82 Å². The van der Waals surface area contributed by atoms with Crippen LogP contribution in [-0.4, -0.2) is 12.6 Å². The van der Waals surface area contributed by atoms with Gasteiger partial charge < -0.3 is 4.74 Å². The van der Waals surface area contributed by atoms with Crippen LogP contribution in [0, 0.1) is 5.82 Å². The van der Waals surface area contributed by atoms with E-state index in [4.69, 9.17) is 4.74 Å². The highest BCUT2D eigenvalue weighted by Gasteiger charge is 1.98. The number of ether oxygens (including phenoxy) is 1. The molecule has 0 heterocycles. The Labute approximate surface area is 101 Å². The van der Waals surface area contributed by atoms with Gasteiger partial charge in [-0.2, -0.15) is 0 Å². The van der Waals surface area contributed by atoms with E-state index in [2.05, 4.69) is 0 Å². The van der Waals surface area contributed by atoms with E-state index < -0.39 is 0 Å². The lowest BCUT2D eigenvalue weighted by molar-refractivity contribution is -0.143. The fourth-order valence-corrected chi connectivity index (χ4v) is 1.43. The Morgan fingerprint density at radius 2 is 2.29 bits per heavy atom. The largest absolute Gasteiger partial charge is 0.466 e. The smallest absolute Gasteiger partial charge is 0.305 e. The third kappa shape index (κ3) is 5.85.